The van der Waals surface area contributed by atoms with Crippen molar-refractivity contribution in [3.8, 4) is 0 Å². The molecule has 1 atom stereocenters. The quantitative estimate of drug-likeness (QED) is 0.841. The number of carbonyl (C=O) groups is 1. The fourth-order valence-corrected chi connectivity index (χ4v) is 3.49. The molecule has 0 aromatic heterocycles. The molecule has 3 rings (SSSR count). The van der Waals surface area contributed by atoms with E-state index in [1.807, 2.05) is 18.0 Å². The number of oxime groups is 1. The lowest BCUT2D eigenvalue weighted by molar-refractivity contribution is -0.135. The number of rotatable bonds is 4. The molecule has 1 aromatic carbocycles. The zero-order valence-electron chi connectivity index (χ0n) is 14.4. The van der Waals surface area contributed by atoms with Crippen molar-refractivity contribution in [2.45, 2.75) is 64.0 Å². The van der Waals surface area contributed by atoms with E-state index in [-0.39, 0.29) is 17.8 Å². The number of nitrogens with zero attached hydrogens (tertiary/aromatic N) is 2. The van der Waals surface area contributed by atoms with Gasteiger partial charge in [-0.3, -0.25) is 4.79 Å². The second-order valence-corrected chi connectivity index (χ2v) is 6.93. The molecule has 0 spiro atoms. The van der Waals surface area contributed by atoms with Crippen molar-refractivity contribution in [1.82, 2.24) is 4.90 Å². The third kappa shape index (κ3) is 3.77. The molecular weight excluding hydrogens is 307 g/mol. The average Bonchev–Trinajstić information content (AvgIpc) is 3.06. The lowest BCUT2D eigenvalue weighted by atomic mass is 9.94. The molecule has 0 bridgehead atoms. The highest BCUT2D eigenvalue weighted by atomic mass is 19.1. The van der Waals surface area contributed by atoms with E-state index in [1.54, 1.807) is 13.0 Å². The van der Waals surface area contributed by atoms with Gasteiger partial charge in [0.15, 0.2) is 0 Å². The summed E-state index contributed by atoms with van der Waals surface area (Å²) in [5.41, 5.74) is 2.06. The van der Waals surface area contributed by atoms with Crippen LogP contribution in [0.25, 0.3) is 0 Å². The molecule has 1 aliphatic heterocycles. The van der Waals surface area contributed by atoms with Crippen LogP contribution in [0.4, 0.5) is 4.39 Å². The van der Waals surface area contributed by atoms with Gasteiger partial charge in [-0.1, -0.05) is 36.6 Å². The van der Waals surface area contributed by atoms with Crippen LogP contribution in [0.3, 0.4) is 0 Å². The lowest BCUT2D eigenvalue weighted by Gasteiger charge is -2.31. The van der Waals surface area contributed by atoms with Crippen LogP contribution in [0.1, 0.15) is 56.1 Å². The van der Waals surface area contributed by atoms with Gasteiger partial charge in [0.25, 0.3) is 0 Å². The maximum atomic E-state index is 13.7. The highest BCUT2D eigenvalue weighted by Gasteiger charge is 2.29. The van der Waals surface area contributed by atoms with Crippen molar-refractivity contribution < 1.29 is 14.0 Å². The standard InChI is InChI=1S/C19H25FN2O2/c1-13-8-9-14(10-17(13)20)18-11-16(24-21-18)12-19(23)22(2)15-6-4-3-5-7-15/h8-10,15-16H,3-7,11-12H2,1-2H3. The first-order chi connectivity index (χ1) is 11.5. The Labute approximate surface area is 142 Å². The number of carbonyl (C=O) groups excluding carboxylic acids is 1. The Morgan fingerprint density at radius 1 is 1.33 bits per heavy atom. The van der Waals surface area contributed by atoms with Crippen LogP contribution >= 0.6 is 0 Å². The van der Waals surface area contributed by atoms with Gasteiger partial charge < -0.3 is 9.74 Å². The molecule has 1 amide bonds. The van der Waals surface area contributed by atoms with Crippen molar-refractivity contribution in [3.63, 3.8) is 0 Å². The minimum Gasteiger partial charge on any atom is -0.391 e. The number of benzene rings is 1. The Bertz CT molecular complexity index is 638. The fourth-order valence-electron chi connectivity index (χ4n) is 3.49. The third-order valence-electron chi connectivity index (χ3n) is 5.16. The highest BCUT2D eigenvalue weighted by Crippen LogP contribution is 2.24. The summed E-state index contributed by atoms with van der Waals surface area (Å²) >= 11 is 0. The maximum absolute atomic E-state index is 13.7. The molecule has 5 heteroatoms. The van der Waals surface area contributed by atoms with Crippen LogP contribution in [0.5, 0.6) is 0 Å². The minimum atomic E-state index is -0.247. The monoisotopic (exact) mass is 332 g/mol. The van der Waals surface area contributed by atoms with E-state index in [4.69, 9.17) is 4.84 Å². The Balaban J connectivity index is 1.54. The van der Waals surface area contributed by atoms with Crippen molar-refractivity contribution in [2.75, 3.05) is 7.05 Å². The molecule has 4 nitrogen and oxygen atoms in total. The second kappa shape index (κ2) is 7.32. The smallest absolute Gasteiger partial charge is 0.226 e. The summed E-state index contributed by atoms with van der Waals surface area (Å²) in [4.78, 5) is 19.8. The summed E-state index contributed by atoms with van der Waals surface area (Å²) in [7, 11) is 1.89. The molecule has 24 heavy (non-hydrogen) atoms. The SMILES string of the molecule is Cc1ccc(C2=NOC(CC(=O)N(C)C3CCCCC3)C2)cc1F. The Morgan fingerprint density at radius 3 is 2.79 bits per heavy atom. The fraction of sp³-hybridized carbons (Fsp3) is 0.579. The molecule has 1 heterocycles. The molecule has 1 fully saturated rings. The molecular formula is C19H25FN2O2. The van der Waals surface area contributed by atoms with Crippen LogP contribution in [-0.2, 0) is 9.63 Å². The minimum absolute atomic E-state index is 0.110. The molecule has 130 valence electrons. The summed E-state index contributed by atoms with van der Waals surface area (Å²) in [5.74, 6) is -0.134. The molecule has 0 radical (unpaired) electrons. The Kier molecular flexibility index (Phi) is 5.17. The zero-order chi connectivity index (χ0) is 17.1. The van der Waals surface area contributed by atoms with Crippen LogP contribution < -0.4 is 0 Å². The summed E-state index contributed by atoms with van der Waals surface area (Å²) in [6.45, 7) is 1.73. The molecule has 2 aliphatic rings. The van der Waals surface area contributed by atoms with E-state index in [9.17, 15) is 9.18 Å². The van der Waals surface area contributed by atoms with Gasteiger partial charge in [-0.25, -0.2) is 4.39 Å². The second-order valence-electron chi connectivity index (χ2n) is 6.93. The first-order valence-corrected chi connectivity index (χ1v) is 8.79. The van der Waals surface area contributed by atoms with Crippen molar-refractivity contribution in [2.24, 2.45) is 5.16 Å². The summed E-state index contributed by atoms with van der Waals surface area (Å²) in [5, 5.41) is 4.06. The van der Waals surface area contributed by atoms with Gasteiger partial charge in [0, 0.05) is 25.1 Å². The summed E-state index contributed by atoms with van der Waals surface area (Å²) in [6.07, 6.45) is 6.50. The van der Waals surface area contributed by atoms with E-state index in [0.29, 0.717) is 30.2 Å². The lowest BCUT2D eigenvalue weighted by Crippen LogP contribution is -2.39. The number of halogens is 1. The molecule has 0 N–H and O–H groups in total. The van der Waals surface area contributed by atoms with Gasteiger partial charge in [-0.15, -0.1) is 0 Å². The van der Waals surface area contributed by atoms with Gasteiger partial charge in [0.2, 0.25) is 5.91 Å². The highest BCUT2D eigenvalue weighted by molar-refractivity contribution is 6.01. The molecule has 0 saturated heterocycles. The summed E-state index contributed by atoms with van der Waals surface area (Å²) in [6, 6.07) is 5.43. The number of amides is 1. The van der Waals surface area contributed by atoms with Crippen molar-refractivity contribution in [3.05, 3.63) is 35.1 Å². The Hall–Kier alpha value is -1.91. The maximum Gasteiger partial charge on any atom is 0.226 e. The predicted octanol–water partition coefficient (Wildman–Crippen LogP) is 3.81. The third-order valence-corrected chi connectivity index (χ3v) is 5.16. The van der Waals surface area contributed by atoms with E-state index in [2.05, 4.69) is 5.16 Å². The van der Waals surface area contributed by atoms with Crippen molar-refractivity contribution in [1.29, 1.82) is 0 Å². The largest absolute Gasteiger partial charge is 0.391 e. The van der Waals surface area contributed by atoms with Crippen LogP contribution in [0, 0.1) is 12.7 Å². The summed E-state index contributed by atoms with van der Waals surface area (Å²) < 4.78 is 13.7. The average molecular weight is 332 g/mol. The first-order valence-electron chi connectivity index (χ1n) is 8.79. The molecule has 1 unspecified atom stereocenters. The van der Waals surface area contributed by atoms with Crippen molar-refractivity contribution >= 4 is 11.6 Å². The van der Waals surface area contributed by atoms with Gasteiger partial charge in [-0.2, -0.15) is 0 Å². The van der Waals surface area contributed by atoms with Crippen LogP contribution in [0.2, 0.25) is 0 Å². The normalized spacial score (nSPS) is 21.3. The van der Waals surface area contributed by atoms with Gasteiger partial charge in [0.05, 0.1) is 12.1 Å². The number of hydrogen-bond acceptors (Lipinski definition) is 3. The van der Waals surface area contributed by atoms with E-state index in [0.717, 1.165) is 18.4 Å². The van der Waals surface area contributed by atoms with Crippen LogP contribution in [0.15, 0.2) is 23.4 Å². The molecule has 1 saturated carbocycles. The molecule has 1 aliphatic carbocycles. The van der Waals surface area contributed by atoms with E-state index < -0.39 is 0 Å². The van der Waals surface area contributed by atoms with Gasteiger partial charge in [-0.05, 0) is 31.4 Å². The Morgan fingerprint density at radius 2 is 2.08 bits per heavy atom. The number of aryl methyl sites for hydroxylation is 1. The first kappa shape index (κ1) is 16.9. The number of hydrogen-bond donors (Lipinski definition) is 0. The molecule has 1 aromatic rings. The van der Waals surface area contributed by atoms with Gasteiger partial charge >= 0.3 is 0 Å². The zero-order valence-corrected chi connectivity index (χ0v) is 14.4. The van der Waals surface area contributed by atoms with E-state index >= 15 is 0 Å². The van der Waals surface area contributed by atoms with E-state index in [1.165, 1.54) is 25.3 Å². The van der Waals surface area contributed by atoms with Gasteiger partial charge in [0.1, 0.15) is 11.9 Å². The predicted molar refractivity (Wildman–Crippen MR) is 91.4 cm³/mol. The van der Waals surface area contributed by atoms with Crippen LogP contribution in [-0.4, -0.2) is 35.7 Å². The topological polar surface area (TPSA) is 41.9 Å².